The number of anilines is 2. The van der Waals surface area contributed by atoms with Crippen LogP contribution in [-0.2, 0) is 60.6 Å². The van der Waals surface area contributed by atoms with Gasteiger partial charge in [0.15, 0.2) is 0 Å². The Morgan fingerprint density at radius 3 is 1.00 bits per heavy atom. The van der Waals surface area contributed by atoms with Crippen molar-refractivity contribution >= 4 is 70.2 Å². The molecular formula is C60H72Cl4N4O4Zn2. The second-order valence-electron chi connectivity index (χ2n) is 21.6. The van der Waals surface area contributed by atoms with E-state index < -0.39 is 0 Å². The molecule has 6 aromatic carbocycles. The van der Waals surface area contributed by atoms with Crippen LogP contribution in [0.5, 0.6) is 23.0 Å². The van der Waals surface area contributed by atoms with E-state index in [9.17, 15) is 20.4 Å². The third-order valence-corrected chi connectivity index (χ3v) is 12.1. The molecular weight excluding hydrogens is 1110 g/mol. The monoisotopic (exact) mass is 1180 g/mol. The molecule has 74 heavy (non-hydrogen) atoms. The van der Waals surface area contributed by atoms with Gasteiger partial charge in [-0.05, 0) is 105 Å². The molecule has 0 atom stereocenters. The topological polar surface area (TPSA) is 141 Å². The van der Waals surface area contributed by atoms with Gasteiger partial charge in [-0.3, -0.25) is 9.98 Å². The smallest absolute Gasteiger partial charge is 0.871 e. The van der Waals surface area contributed by atoms with Crippen LogP contribution in [0.4, 0.5) is 11.4 Å². The van der Waals surface area contributed by atoms with Crippen molar-refractivity contribution in [3.63, 3.8) is 0 Å². The maximum atomic E-state index is 12.9. The third kappa shape index (κ3) is 22.6. The first-order valence-electron chi connectivity index (χ1n) is 23.9. The van der Waals surface area contributed by atoms with Crippen molar-refractivity contribution in [2.24, 2.45) is 9.98 Å². The number of aryl methyl sites for hydroxylation is 2. The molecule has 388 valence electrons. The van der Waals surface area contributed by atoms with E-state index in [1.807, 2.05) is 102 Å². The molecule has 6 aromatic rings. The van der Waals surface area contributed by atoms with Crippen molar-refractivity contribution in [3.05, 3.63) is 174 Å². The first-order chi connectivity index (χ1) is 33.4. The number of rotatable bonds is 10. The number of halogens is 4. The molecule has 0 radical (unpaired) electrons. The van der Waals surface area contributed by atoms with Gasteiger partial charge < -0.3 is 31.1 Å². The van der Waals surface area contributed by atoms with E-state index >= 15 is 0 Å². The van der Waals surface area contributed by atoms with Crippen molar-refractivity contribution in [3.8, 4) is 23.0 Å². The van der Waals surface area contributed by atoms with Gasteiger partial charge in [-0.15, -0.1) is 0 Å². The normalized spacial score (nSPS) is 11.5. The molecule has 0 fully saturated rings. The van der Waals surface area contributed by atoms with E-state index in [4.69, 9.17) is 46.4 Å². The Balaban J connectivity index is 0.000000571. The number of benzene rings is 6. The minimum Gasteiger partial charge on any atom is -0.871 e. The molecule has 2 N–H and O–H groups in total. The van der Waals surface area contributed by atoms with E-state index in [0.29, 0.717) is 58.7 Å². The molecule has 8 nitrogen and oxygen atoms in total. The largest absolute Gasteiger partial charge is 2.00 e. The van der Waals surface area contributed by atoms with Gasteiger partial charge in [-0.25, -0.2) is 0 Å². The standard InChI is InChI=1S/2C23H30Cl2N2O2.2C7H8.2Zn/c2*1-22(2,3)15-10-17(23(4,5)6)21(29)19(11-15)27-8-7-26-13-14-9-16(24)12-18(25)20(14)28;2*1-7-5-3-2-4-6-7;;/h2*9-13,27-29H,7-8H2,1-6H3;2*2-6H,1H3;;/q;;;;2*+2/p-4. The van der Waals surface area contributed by atoms with E-state index in [2.05, 4.69) is 100 Å². The van der Waals surface area contributed by atoms with Gasteiger partial charge in [0.05, 0.1) is 13.1 Å². The van der Waals surface area contributed by atoms with Gasteiger partial charge in [0.1, 0.15) is 0 Å². The Kier molecular flexibility index (Phi) is 28.0. The molecule has 0 aliphatic rings. The number of aliphatic imine (C=N–C) groups is 2. The van der Waals surface area contributed by atoms with Gasteiger partial charge >= 0.3 is 39.0 Å². The summed E-state index contributed by atoms with van der Waals surface area (Å²) in [6, 6.07) is 34.3. The first kappa shape index (κ1) is 67.9. The van der Waals surface area contributed by atoms with Gasteiger partial charge in [-0.1, -0.05) is 236 Å². The Morgan fingerprint density at radius 1 is 0.432 bits per heavy atom. The second-order valence-corrected chi connectivity index (χ2v) is 23.3. The first-order valence-corrected chi connectivity index (χ1v) is 25.5. The van der Waals surface area contributed by atoms with Crippen LogP contribution in [0, 0.1) is 13.8 Å². The zero-order valence-corrected chi connectivity index (χ0v) is 54.8. The molecule has 0 saturated carbocycles. The van der Waals surface area contributed by atoms with Crippen LogP contribution in [0.15, 0.2) is 119 Å². The predicted octanol–water partition coefficient (Wildman–Crippen LogP) is 14.5. The number of hydrogen-bond donors (Lipinski definition) is 2. The van der Waals surface area contributed by atoms with Crippen LogP contribution < -0.4 is 31.1 Å². The Hall–Kier alpha value is -4.13. The average molecular weight is 1190 g/mol. The summed E-state index contributed by atoms with van der Waals surface area (Å²) in [6.07, 6.45) is 2.93. The summed E-state index contributed by atoms with van der Waals surface area (Å²) in [5.74, 6) is -0.583. The second kappa shape index (κ2) is 30.6. The summed E-state index contributed by atoms with van der Waals surface area (Å²) in [5, 5.41) is 57.1. The molecule has 0 aliphatic carbocycles. The van der Waals surface area contributed by atoms with Crippen molar-refractivity contribution in [2.45, 2.75) is 119 Å². The predicted molar refractivity (Wildman–Crippen MR) is 303 cm³/mol. The fourth-order valence-electron chi connectivity index (χ4n) is 6.76. The van der Waals surface area contributed by atoms with Crippen LogP contribution in [0.25, 0.3) is 0 Å². The van der Waals surface area contributed by atoms with Crippen LogP contribution in [0.1, 0.15) is 128 Å². The molecule has 0 heterocycles. The summed E-state index contributed by atoms with van der Waals surface area (Å²) in [7, 11) is 0. The minimum atomic E-state index is -0.303. The van der Waals surface area contributed by atoms with E-state index in [-0.39, 0.29) is 93.7 Å². The zero-order valence-electron chi connectivity index (χ0n) is 45.8. The Labute approximate surface area is 488 Å². The van der Waals surface area contributed by atoms with E-state index in [0.717, 1.165) is 22.3 Å². The molecule has 6 rings (SSSR count). The molecule has 0 saturated heterocycles. The van der Waals surface area contributed by atoms with Gasteiger partial charge in [0.2, 0.25) is 0 Å². The summed E-state index contributed by atoms with van der Waals surface area (Å²) >= 11 is 23.6. The summed E-state index contributed by atoms with van der Waals surface area (Å²) in [6.45, 7) is 30.9. The maximum absolute atomic E-state index is 12.9. The molecule has 0 spiro atoms. The van der Waals surface area contributed by atoms with Crippen molar-refractivity contribution in [1.82, 2.24) is 0 Å². The Bertz CT molecular complexity index is 2560. The summed E-state index contributed by atoms with van der Waals surface area (Å²) in [5.41, 5.74) is 7.65. The van der Waals surface area contributed by atoms with Crippen LogP contribution in [-0.4, -0.2) is 38.6 Å². The fourth-order valence-corrected chi connectivity index (χ4v) is 7.78. The molecule has 0 aromatic heterocycles. The Morgan fingerprint density at radius 2 is 0.743 bits per heavy atom. The van der Waals surface area contributed by atoms with Crippen LogP contribution in [0.3, 0.4) is 0 Å². The number of nitrogens with zero attached hydrogens (tertiary/aromatic N) is 2. The van der Waals surface area contributed by atoms with Crippen molar-refractivity contribution in [1.29, 1.82) is 0 Å². The average Bonchev–Trinajstić information content (AvgIpc) is 3.27. The molecule has 0 amide bonds. The summed E-state index contributed by atoms with van der Waals surface area (Å²) in [4.78, 5) is 8.53. The molecule has 14 heteroatoms. The SMILES string of the molecule is CC(C)(C)c1cc(NCCN=Cc2cc(Cl)cc(Cl)c2[O-])c([O-])c(C(C)(C)C)c1.CC(C)(C)c1cc(NCCN=Cc2cc(Cl)cc(Cl)c2[O-])c([O-])c(C(C)(C)C)c1.Cc1ccccc1.Cc1ccccc1.[Zn+2].[Zn+2]. The molecule has 0 aliphatic heterocycles. The fraction of sp³-hybridized carbons (Fsp3) is 0.367. The van der Waals surface area contributed by atoms with Crippen LogP contribution in [0.2, 0.25) is 20.1 Å². The number of hydrogen-bond acceptors (Lipinski definition) is 8. The van der Waals surface area contributed by atoms with Crippen LogP contribution >= 0.6 is 46.4 Å². The van der Waals surface area contributed by atoms with Crippen molar-refractivity contribution in [2.75, 3.05) is 36.8 Å². The molecule has 0 unspecified atom stereocenters. The van der Waals surface area contributed by atoms with Gasteiger partial charge in [0.25, 0.3) is 0 Å². The van der Waals surface area contributed by atoms with Gasteiger partial charge in [-0.2, -0.15) is 0 Å². The quantitative estimate of drug-likeness (QED) is 0.0795. The van der Waals surface area contributed by atoms with Gasteiger partial charge in [0, 0.05) is 57.0 Å². The van der Waals surface area contributed by atoms with E-state index in [1.165, 1.54) is 47.8 Å². The number of nitrogens with one attached hydrogen (secondary N) is 2. The van der Waals surface area contributed by atoms with E-state index in [1.54, 1.807) is 0 Å². The molecule has 0 bridgehead atoms. The minimum absolute atomic E-state index is 0. The third-order valence-electron chi connectivity index (χ3n) is 11.1. The maximum Gasteiger partial charge on any atom is 2.00 e. The zero-order chi connectivity index (χ0) is 54.2. The summed E-state index contributed by atoms with van der Waals surface area (Å²) < 4.78 is 0. The van der Waals surface area contributed by atoms with Crippen molar-refractivity contribution < 1.29 is 59.4 Å².